The van der Waals surface area contributed by atoms with Gasteiger partial charge in [-0.1, -0.05) is 12.1 Å². The summed E-state index contributed by atoms with van der Waals surface area (Å²) in [7, 11) is 0. The third-order valence-electron chi connectivity index (χ3n) is 0.455. The van der Waals surface area contributed by atoms with Crippen LogP contribution in [0.3, 0.4) is 0 Å². The van der Waals surface area contributed by atoms with E-state index < -0.39 is 0 Å². The molecule has 0 aliphatic heterocycles. The van der Waals surface area contributed by atoms with Crippen molar-refractivity contribution in [2.45, 2.75) is 0 Å². The van der Waals surface area contributed by atoms with E-state index in [9.17, 15) is 0 Å². The number of rotatable bonds is 0. The third kappa shape index (κ3) is 1.42. The second-order valence-electron chi connectivity index (χ2n) is 0.832. The maximum atomic E-state index is 3.72. The smallest absolute Gasteiger partial charge is 0 e. The molecule has 0 spiro atoms. The summed E-state index contributed by atoms with van der Waals surface area (Å²) in [5, 5.41) is 0. The Kier molecular flexibility index (Phi) is 3.15. The summed E-state index contributed by atoms with van der Waals surface area (Å²) in [4.78, 5) is 3.72. The molecule has 1 nitrogen and oxygen atoms in total. The van der Waals surface area contributed by atoms with Gasteiger partial charge in [0.25, 0.3) is 0 Å². The molecule has 0 bridgehead atoms. The first-order valence-corrected chi connectivity index (χ1v) is 1.52. The summed E-state index contributed by atoms with van der Waals surface area (Å²) in [5.41, 5.74) is 0. The molecule has 1 aromatic rings. The Morgan fingerprint density at radius 1 is 1.00 bits per heavy atom. The standard InChI is InChI=1S/C4H4N.W/c1-2-4-5-3-1;/h1-4H;/q-1;. The molecule has 0 aliphatic rings. The van der Waals surface area contributed by atoms with Crippen LogP contribution in [0.25, 0.3) is 0 Å². The Labute approximate surface area is 51.0 Å². The molecular weight excluding hydrogens is 246 g/mol. The van der Waals surface area contributed by atoms with Gasteiger partial charge in [-0.05, 0) is 0 Å². The normalized spacial score (nSPS) is 6.67. The molecule has 0 atom stereocenters. The van der Waals surface area contributed by atoms with Crippen LogP contribution in [0.5, 0.6) is 0 Å². The summed E-state index contributed by atoms with van der Waals surface area (Å²) < 4.78 is 0. The molecule has 0 fully saturated rings. The summed E-state index contributed by atoms with van der Waals surface area (Å²) in [6.45, 7) is 0. The first-order valence-electron chi connectivity index (χ1n) is 1.52. The second kappa shape index (κ2) is 3.17. The Bertz CT molecular complexity index is 64.0. The topological polar surface area (TPSA) is 14.1 Å². The Balaban J connectivity index is 0.000000250. The summed E-state index contributed by atoms with van der Waals surface area (Å²) >= 11 is 0. The molecule has 0 N–H and O–H groups in total. The molecule has 0 saturated heterocycles. The third-order valence-corrected chi connectivity index (χ3v) is 0.455. The molecule has 0 unspecified atom stereocenters. The van der Waals surface area contributed by atoms with E-state index in [4.69, 9.17) is 0 Å². The number of nitrogens with zero attached hydrogens (tertiary/aromatic N) is 1. The first kappa shape index (κ1) is 5.97. The minimum atomic E-state index is 0. The maximum Gasteiger partial charge on any atom is 0 e. The quantitative estimate of drug-likeness (QED) is 0.659. The van der Waals surface area contributed by atoms with Crippen LogP contribution >= 0.6 is 0 Å². The average Bonchev–Trinajstić information content (AvgIpc) is 1.76. The average molecular weight is 250 g/mol. The zero-order valence-electron chi connectivity index (χ0n) is 3.16. The molecule has 0 saturated carbocycles. The minimum absolute atomic E-state index is 0. The van der Waals surface area contributed by atoms with Crippen LogP contribution in [0.2, 0.25) is 0 Å². The van der Waals surface area contributed by atoms with E-state index in [0.29, 0.717) is 0 Å². The molecule has 1 heterocycles. The largest absolute Gasteiger partial charge is 0.670 e. The molecule has 0 amide bonds. The van der Waals surface area contributed by atoms with Gasteiger partial charge in [-0.2, -0.15) is 12.4 Å². The molecule has 0 aliphatic carbocycles. The van der Waals surface area contributed by atoms with E-state index in [1.165, 1.54) is 0 Å². The van der Waals surface area contributed by atoms with Gasteiger partial charge in [-0.25, -0.2) is 0 Å². The van der Waals surface area contributed by atoms with Crippen LogP contribution in [0.1, 0.15) is 0 Å². The maximum absolute atomic E-state index is 3.72. The summed E-state index contributed by atoms with van der Waals surface area (Å²) in [6.07, 6.45) is 3.50. The molecular formula is C4H4NW-. The molecule has 6 heavy (non-hydrogen) atoms. The molecule has 0 radical (unpaired) electrons. The van der Waals surface area contributed by atoms with Crippen LogP contribution in [-0.2, 0) is 21.1 Å². The van der Waals surface area contributed by atoms with E-state index in [-0.39, 0.29) is 21.1 Å². The molecule has 32 valence electrons. The molecule has 1 aromatic heterocycles. The fourth-order valence-corrected chi connectivity index (χ4v) is 0.248. The first-order chi connectivity index (χ1) is 2.50. The van der Waals surface area contributed by atoms with Gasteiger partial charge in [-0.3, -0.25) is 0 Å². The van der Waals surface area contributed by atoms with Crippen LogP contribution in [0.4, 0.5) is 0 Å². The van der Waals surface area contributed by atoms with Gasteiger partial charge in [0.05, 0.1) is 0 Å². The van der Waals surface area contributed by atoms with Crippen molar-refractivity contribution in [3.63, 3.8) is 0 Å². The van der Waals surface area contributed by atoms with E-state index in [1.807, 2.05) is 12.1 Å². The van der Waals surface area contributed by atoms with Crippen LogP contribution in [0, 0.1) is 0 Å². The molecule has 0 aromatic carbocycles. The SMILES string of the molecule is [W].c1cc[n-]c1. The van der Waals surface area contributed by atoms with Gasteiger partial charge >= 0.3 is 0 Å². The van der Waals surface area contributed by atoms with Crippen LogP contribution < -0.4 is 4.98 Å². The van der Waals surface area contributed by atoms with Gasteiger partial charge < -0.3 is 4.98 Å². The van der Waals surface area contributed by atoms with Crippen molar-refractivity contribution >= 4 is 0 Å². The predicted molar refractivity (Wildman–Crippen MR) is 19.8 cm³/mol. The zero-order chi connectivity index (χ0) is 3.54. The molecule has 1 rings (SSSR count). The minimum Gasteiger partial charge on any atom is -0.670 e. The predicted octanol–water partition coefficient (Wildman–Crippen LogP) is 0.641. The van der Waals surface area contributed by atoms with Crippen molar-refractivity contribution in [1.29, 1.82) is 0 Å². The van der Waals surface area contributed by atoms with Crippen molar-refractivity contribution < 1.29 is 21.1 Å². The van der Waals surface area contributed by atoms with Crippen molar-refractivity contribution in [2.75, 3.05) is 0 Å². The Morgan fingerprint density at radius 3 is 1.67 bits per heavy atom. The van der Waals surface area contributed by atoms with Gasteiger partial charge in [-0.15, -0.1) is 0 Å². The fraction of sp³-hybridized carbons (Fsp3) is 0. The van der Waals surface area contributed by atoms with Crippen molar-refractivity contribution in [3.05, 3.63) is 24.5 Å². The van der Waals surface area contributed by atoms with Gasteiger partial charge in [0.2, 0.25) is 0 Å². The van der Waals surface area contributed by atoms with Crippen molar-refractivity contribution in [1.82, 2.24) is 4.98 Å². The zero-order valence-corrected chi connectivity index (χ0v) is 6.10. The summed E-state index contributed by atoms with van der Waals surface area (Å²) in [5.74, 6) is 0. The summed E-state index contributed by atoms with van der Waals surface area (Å²) in [6, 6.07) is 3.78. The van der Waals surface area contributed by atoms with Gasteiger partial charge in [0.15, 0.2) is 0 Å². The Hall–Kier alpha value is -0.0317. The van der Waals surface area contributed by atoms with Crippen molar-refractivity contribution in [3.8, 4) is 0 Å². The van der Waals surface area contributed by atoms with Crippen LogP contribution in [0.15, 0.2) is 24.5 Å². The number of aromatic nitrogens is 1. The Morgan fingerprint density at radius 2 is 1.50 bits per heavy atom. The molecule has 2 heteroatoms. The fourth-order valence-electron chi connectivity index (χ4n) is 0.248. The van der Waals surface area contributed by atoms with Crippen LogP contribution in [-0.4, -0.2) is 0 Å². The van der Waals surface area contributed by atoms with Gasteiger partial charge in [0.1, 0.15) is 0 Å². The van der Waals surface area contributed by atoms with E-state index in [2.05, 4.69) is 4.98 Å². The van der Waals surface area contributed by atoms with Crippen molar-refractivity contribution in [2.24, 2.45) is 0 Å². The van der Waals surface area contributed by atoms with Gasteiger partial charge in [0, 0.05) is 21.1 Å². The number of hydrogen-bond donors (Lipinski definition) is 0. The van der Waals surface area contributed by atoms with E-state index in [1.54, 1.807) is 12.4 Å². The number of hydrogen-bond acceptors (Lipinski definition) is 0. The van der Waals surface area contributed by atoms with E-state index in [0.717, 1.165) is 0 Å². The monoisotopic (exact) mass is 250 g/mol. The van der Waals surface area contributed by atoms with E-state index >= 15 is 0 Å². The second-order valence-corrected chi connectivity index (χ2v) is 0.832.